The highest BCUT2D eigenvalue weighted by Gasteiger charge is 2.38. The number of hydrogen-bond donors (Lipinski definition) is 0. The van der Waals surface area contributed by atoms with Crippen LogP contribution in [-0.2, 0) is 25.1 Å². The molecule has 0 aliphatic rings. The molecule has 0 spiro atoms. The number of ether oxygens (including phenoxy) is 2. The molecule has 0 unspecified atom stereocenters. The van der Waals surface area contributed by atoms with Crippen molar-refractivity contribution in [2.75, 3.05) is 20.0 Å². The quantitative estimate of drug-likeness (QED) is 0.768. The topological polar surface area (TPSA) is 52.6 Å². The van der Waals surface area contributed by atoms with E-state index in [2.05, 4.69) is 0 Å². The number of rotatable bonds is 6. The Hall–Kier alpha value is -1.69. The van der Waals surface area contributed by atoms with Crippen LogP contribution in [0, 0.1) is 6.92 Å². The maximum Gasteiger partial charge on any atom is 0.209 e. The predicted molar refractivity (Wildman–Crippen MR) is 85.4 cm³/mol. The van der Waals surface area contributed by atoms with Crippen LogP contribution < -0.4 is 0 Å². The van der Waals surface area contributed by atoms with E-state index in [1.807, 2.05) is 25.1 Å². The lowest BCUT2D eigenvalue weighted by Gasteiger charge is -2.31. The molecule has 0 amide bonds. The summed E-state index contributed by atoms with van der Waals surface area (Å²) in [5, 5.41) is 0. The van der Waals surface area contributed by atoms with Crippen LogP contribution >= 0.6 is 0 Å². The third-order valence-corrected chi connectivity index (χ3v) is 5.38. The van der Waals surface area contributed by atoms with Gasteiger partial charge in [-0.2, -0.15) is 0 Å². The van der Waals surface area contributed by atoms with E-state index in [1.165, 1.54) is 14.2 Å². The zero-order valence-corrected chi connectivity index (χ0v) is 13.8. The van der Waals surface area contributed by atoms with Crippen molar-refractivity contribution in [1.82, 2.24) is 0 Å². The fraction of sp³-hybridized carbons (Fsp3) is 0.294. The van der Waals surface area contributed by atoms with Gasteiger partial charge in [0.25, 0.3) is 0 Å². The van der Waals surface area contributed by atoms with Crippen LogP contribution in [0.5, 0.6) is 0 Å². The molecule has 4 nitrogen and oxygen atoms in total. The summed E-state index contributed by atoms with van der Waals surface area (Å²) in [7, 11) is -0.666. The molecule has 0 aliphatic carbocycles. The maximum absolute atomic E-state index is 12.7. The molecule has 0 atom stereocenters. The molecule has 0 saturated carbocycles. The Morgan fingerprint density at radius 3 is 1.95 bits per heavy atom. The summed E-state index contributed by atoms with van der Waals surface area (Å²) in [5.74, 6) is -1.62. The highest BCUT2D eigenvalue weighted by Crippen LogP contribution is 2.30. The molecule has 0 aliphatic heterocycles. The van der Waals surface area contributed by atoms with Gasteiger partial charge in [-0.1, -0.05) is 48.0 Å². The van der Waals surface area contributed by atoms with E-state index in [9.17, 15) is 8.42 Å². The fourth-order valence-electron chi connectivity index (χ4n) is 2.29. The number of hydrogen-bond acceptors (Lipinski definition) is 4. The summed E-state index contributed by atoms with van der Waals surface area (Å²) in [4.78, 5) is 0.257. The van der Waals surface area contributed by atoms with Crippen molar-refractivity contribution in [3.63, 3.8) is 0 Å². The fourth-order valence-corrected chi connectivity index (χ4v) is 3.91. The van der Waals surface area contributed by atoms with Crippen LogP contribution in [-0.4, -0.2) is 28.4 Å². The Morgan fingerprint density at radius 1 is 0.909 bits per heavy atom. The van der Waals surface area contributed by atoms with Crippen molar-refractivity contribution in [1.29, 1.82) is 0 Å². The van der Waals surface area contributed by atoms with E-state index in [1.54, 1.807) is 36.4 Å². The van der Waals surface area contributed by atoms with Gasteiger partial charge in [-0.25, -0.2) is 8.42 Å². The van der Waals surface area contributed by atoms with Crippen molar-refractivity contribution in [2.24, 2.45) is 0 Å². The first kappa shape index (κ1) is 16.7. The summed E-state index contributed by atoms with van der Waals surface area (Å²) >= 11 is 0. The maximum atomic E-state index is 12.7. The van der Waals surface area contributed by atoms with Crippen molar-refractivity contribution in [3.8, 4) is 0 Å². The van der Waals surface area contributed by atoms with E-state index in [-0.39, 0.29) is 10.6 Å². The number of sulfone groups is 1. The van der Waals surface area contributed by atoms with E-state index < -0.39 is 15.6 Å². The molecule has 0 fully saturated rings. The van der Waals surface area contributed by atoms with Crippen LogP contribution in [0.15, 0.2) is 59.5 Å². The third kappa shape index (κ3) is 3.38. The molecular weight excluding hydrogens is 300 g/mol. The van der Waals surface area contributed by atoms with Gasteiger partial charge in [0.1, 0.15) is 5.75 Å². The van der Waals surface area contributed by atoms with Crippen molar-refractivity contribution >= 4 is 9.84 Å². The average Bonchev–Trinajstić information content (AvgIpc) is 2.54. The average molecular weight is 320 g/mol. The summed E-state index contributed by atoms with van der Waals surface area (Å²) in [5.41, 5.74) is 1.67. The highest BCUT2D eigenvalue weighted by atomic mass is 32.2. The molecular formula is C17H20O4S. The first-order valence-electron chi connectivity index (χ1n) is 6.89. The molecule has 0 heterocycles. The van der Waals surface area contributed by atoms with Crippen LogP contribution in [0.4, 0.5) is 0 Å². The van der Waals surface area contributed by atoms with Gasteiger partial charge in [0.15, 0.2) is 9.84 Å². The minimum absolute atomic E-state index is 0.257. The highest BCUT2D eigenvalue weighted by molar-refractivity contribution is 7.91. The molecule has 2 aromatic carbocycles. The third-order valence-electron chi connectivity index (χ3n) is 3.63. The normalized spacial score (nSPS) is 12.3. The molecule has 0 saturated heterocycles. The first-order valence-corrected chi connectivity index (χ1v) is 8.54. The van der Waals surface area contributed by atoms with Gasteiger partial charge >= 0.3 is 0 Å². The Bertz CT molecular complexity index is 702. The number of benzene rings is 2. The Morgan fingerprint density at radius 2 is 1.45 bits per heavy atom. The van der Waals surface area contributed by atoms with E-state index >= 15 is 0 Å². The summed E-state index contributed by atoms with van der Waals surface area (Å²) in [6.45, 7) is 1.91. The van der Waals surface area contributed by atoms with Gasteiger partial charge < -0.3 is 9.47 Å². The SMILES string of the molecule is COC(CS(=O)(=O)c1ccc(C)cc1)(OC)c1ccccc1. The minimum atomic E-state index is -3.56. The summed E-state index contributed by atoms with van der Waals surface area (Å²) < 4.78 is 36.3. The lowest BCUT2D eigenvalue weighted by Crippen LogP contribution is -2.38. The standard InChI is InChI=1S/C17H20O4S/c1-14-9-11-16(12-10-14)22(18,19)13-17(20-2,21-3)15-7-5-4-6-8-15/h4-12H,13H2,1-3H3. The van der Waals surface area contributed by atoms with Crippen LogP contribution in [0.2, 0.25) is 0 Å². The van der Waals surface area contributed by atoms with Gasteiger partial charge in [-0.05, 0) is 19.1 Å². The lowest BCUT2D eigenvalue weighted by molar-refractivity contribution is -0.198. The molecule has 5 heteroatoms. The first-order chi connectivity index (χ1) is 10.4. The predicted octanol–water partition coefficient (Wildman–Crippen LogP) is 2.91. The van der Waals surface area contributed by atoms with Crippen molar-refractivity contribution < 1.29 is 17.9 Å². The second-order valence-corrected chi connectivity index (χ2v) is 7.09. The van der Waals surface area contributed by atoms with Gasteiger partial charge in [-0.15, -0.1) is 0 Å². The van der Waals surface area contributed by atoms with Gasteiger partial charge in [0.2, 0.25) is 5.79 Å². The summed E-state index contributed by atoms with van der Waals surface area (Å²) in [6.07, 6.45) is 0. The molecule has 118 valence electrons. The van der Waals surface area contributed by atoms with Crippen molar-refractivity contribution in [2.45, 2.75) is 17.6 Å². The molecule has 0 N–H and O–H groups in total. The van der Waals surface area contributed by atoms with Crippen molar-refractivity contribution in [3.05, 3.63) is 65.7 Å². The van der Waals surface area contributed by atoms with Gasteiger partial charge in [-0.3, -0.25) is 0 Å². The van der Waals surface area contributed by atoms with E-state index in [0.29, 0.717) is 5.56 Å². The zero-order valence-electron chi connectivity index (χ0n) is 12.9. The Balaban J connectivity index is 2.41. The second-order valence-electron chi connectivity index (χ2n) is 5.10. The van der Waals surface area contributed by atoms with Gasteiger partial charge in [0, 0.05) is 19.8 Å². The monoisotopic (exact) mass is 320 g/mol. The lowest BCUT2D eigenvalue weighted by atomic mass is 10.1. The molecule has 0 aromatic heterocycles. The number of methoxy groups -OCH3 is 2. The Kier molecular flexibility index (Phi) is 5.01. The van der Waals surface area contributed by atoms with E-state index in [4.69, 9.17) is 9.47 Å². The Labute approximate surface area is 131 Å². The largest absolute Gasteiger partial charge is 0.348 e. The minimum Gasteiger partial charge on any atom is -0.348 e. The molecule has 22 heavy (non-hydrogen) atoms. The molecule has 2 aromatic rings. The smallest absolute Gasteiger partial charge is 0.209 e. The molecule has 0 radical (unpaired) electrons. The van der Waals surface area contributed by atoms with Crippen LogP contribution in [0.25, 0.3) is 0 Å². The second kappa shape index (κ2) is 6.60. The summed E-state index contributed by atoms with van der Waals surface area (Å²) in [6, 6.07) is 15.8. The zero-order chi connectivity index (χ0) is 16.2. The van der Waals surface area contributed by atoms with Crippen LogP contribution in [0.3, 0.4) is 0 Å². The molecule has 0 bridgehead atoms. The van der Waals surface area contributed by atoms with Gasteiger partial charge in [0.05, 0.1) is 4.90 Å². The molecule has 2 rings (SSSR count). The van der Waals surface area contributed by atoms with E-state index in [0.717, 1.165) is 5.56 Å². The number of aryl methyl sites for hydroxylation is 1. The van der Waals surface area contributed by atoms with Crippen LogP contribution in [0.1, 0.15) is 11.1 Å².